The first-order valence-corrected chi connectivity index (χ1v) is 5.70. The molecule has 0 aromatic carbocycles. The molecule has 66 valence electrons. The second-order valence-electron chi connectivity index (χ2n) is 2.17. The molecule has 1 nitrogen and oxygen atoms in total. The van der Waals surface area contributed by atoms with E-state index in [0.29, 0.717) is 0 Å². The number of allylic oxidation sites excluding steroid dienone is 4. The van der Waals surface area contributed by atoms with Gasteiger partial charge in [-0.3, -0.25) is 0 Å². The van der Waals surface area contributed by atoms with Gasteiger partial charge in [-0.15, -0.1) is 0 Å². The van der Waals surface area contributed by atoms with Crippen LogP contribution in [0.5, 0.6) is 0 Å². The maximum atomic E-state index is 8.73. The average Bonchev–Trinajstić information content (AvgIpc) is 2.10. The Labute approximate surface area is 90.4 Å². The van der Waals surface area contributed by atoms with E-state index in [4.69, 9.17) is 5.26 Å². The lowest BCUT2D eigenvalue weighted by Crippen LogP contribution is -1.79. The lowest BCUT2D eigenvalue weighted by atomic mass is 10.2. The second kappa shape index (κ2) is 7.57. The Morgan fingerprint density at radius 2 is 2.17 bits per heavy atom. The fraction of sp³-hybridized carbons (Fsp3) is 0.444. The Morgan fingerprint density at radius 1 is 1.50 bits per heavy atom. The molecule has 0 aliphatic heterocycles. The molecular weight excluding hydrogens is 282 g/mol. The monoisotopic (exact) mass is 291 g/mol. The summed E-state index contributed by atoms with van der Waals surface area (Å²) in [5.41, 5.74) is 0.721. The Kier molecular flexibility index (Phi) is 7.53. The SMILES string of the molecule is CC/C=C(C#N)\C(Br)=C/CCBr. The van der Waals surface area contributed by atoms with Gasteiger partial charge < -0.3 is 0 Å². The smallest absolute Gasteiger partial charge is 0.1000 e. The first kappa shape index (κ1) is 11.9. The van der Waals surface area contributed by atoms with Crippen molar-refractivity contribution in [2.24, 2.45) is 0 Å². The summed E-state index contributed by atoms with van der Waals surface area (Å²) in [5, 5.41) is 9.65. The van der Waals surface area contributed by atoms with Gasteiger partial charge in [-0.05, 0) is 28.8 Å². The zero-order chi connectivity index (χ0) is 9.40. The van der Waals surface area contributed by atoms with Gasteiger partial charge in [-0.2, -0.15) is 5.26 Å². The third-order valence-corrected chi connectivity index (χ3v) is 2.43. The average molecular weight is 293 g/mol. The van der Waals surface area contributed by atoms with Crippen LogP contribution in [0.4, 0.5) is 0 Å². The fourth-order valence-electron chi connectivity index (χ4n) is 0.692. The van der Waals surface area contributed by atoms with Crippen LogP contribution in [0.2, 0.25) is 0 Å². The van der Waals surface area contributed by atoms with Crippen molar-refractivity contribution >= 4 is 31.9 Å². The van der Waals surface area contributed by atoms with Crippen LogP contribution in [0, 0.1) is 11.3 Å². The predicted octanol–water partition coefficient (Wildman–Crippen LogP) is 3.91. The predicted molar refractivity (Wildman–Crippen MR) is 59.4 cm³/mol. The lowest BCUT2D eigenvalue weighted by Gasteiger charge is -1.94. The maximum absolute atomic E-state index is 8.73. The Bertz CT molecular complexity index is 223. The van der Waals surface area contributed by atoms with E-state index in [2.05, 4.69) is 37.9 Å². The minimum Gasteiger partial charge on any atom is -0.192 e. The molecule has 0 rings (SSSR count). The number of rotatable bonds is 4. The van der Waals surface area contributed by atoms with Gasteiger partial charge >= 0.3 is 0 Å². The molecule has 0 spiro atoms. The van der Waals surface area contributed by atoms with Gasteiger partial charge in [0.05, 0.1) is 11.6 Å². The maximum Gasteiger partial charge on any atom is 0.1000 e. The Balaban J connectivity index is 4.33. The molecule has 0 fully saturated rings. The van der Waals surface area contributed by atoms with E-state index in [9.17, 15) is 0 Å². The molecule has 0 heterocycles. The number of halogens is 2. The van der Waals surface area contributed by atoms with E-state index in [1.54, 1.807) is 0 Å². The molecule has 0 saturated heterocycles. The third kappa shape index (κ3) is 4.74. The van der Waals surface area contributed by atoms with Gasteiger partial charge in [0.1, 0.15) is 0 Å². The van der Waals surface area contributed by atoms with Crippen LogP contribution in [-0.2, 0) is 0 Å². The van der Waals surface area contributed by atoms with Crippen LogP contribution in [-0.4, -0.2) is 5.33 Å². The highest BCUT2D eigenvalue weighted by atomic mass is 79.9. The van der Waals surface area contributed by atoms with E-state index in [1.165, 1.54) is 0 Å². The number of nitrogens with zero attached hydrogens (tertiary/aromatic N) is 1. The zero-order valence-electron chi connectivity index (χ0n) is 6.98. The molecule has 0 aromatic heterocycles. The second-order valence-corrected chi connectivity index (χ2v) is 3.81. The molecule has 0 aliphatic carbocycles. The summed E-state index contributed by atoms with van der Waals surface area (Å²) < 4.78 is 0.895. The van der Waals surface area contributed by atoms with Crippen molar-refractivity contribution in [3.05, 3.63) is 22.2 Å². The molecule has 0 aliphatic rings. The quantitative estimate of drug-likeness (QED) is 0.438. The summed E-state index contributed by atoms with van der Waals surface area (Å²) >= 11 is 6.68. The van der Waals surface area contributed by atoms with Crippen molar-refractivity contribution in [1.82, 2.24) is 0 Å². The van der Waals surface area contributed by atoms with Crippen molar-refractivity contribution in [2.45, 2.75) is 19.8 Å². The summed E-state index contributed by atoms with van der Waals surface area (Å²) in [6.45, 7) is 2.02. The molecule has 0 bridgehead atoms. The lowest BCUT2D eigenvalue weighted by molar-refractivity contribution is 1.20. The van der Waals surface area contributed by atoms with Gasteiger partial charge in [0.25, 0.3) is 0 Å². The Morgan fingerprint density at radius 3 is 2.58 bits per heavy atom. The van der Waals surface area contributed by atoms with E-state index in [0.717, 1.165) is 28.2 Å². The summed E-state index contributed by atoms with van der Waals surface area (Å²) in [4.78, 5) is 0. The molecular formula is C9H11Br2N. The topological polar surface area (TPSA) is 23.8 Å². The molecule has 0 radical (unpaired) electrons. The molecule has 0 N–H and O–H groups in total. The summed E-state index contributed by atoms with van der Waals surface area (Å²) in [6.07, 6.45) is 5.73. The number of hydrogen-bond acceptors (Lipinski definition) is 1. The van der Waals surface area contributed by atoms with Gasteiger partial charge in [-0.1, -0.05) is 35.0 Å². The van der Waals surface area contributed by atoms with E-state index in [-0.39, 0.29) is 0 Å². The fourth-order valence-corrected chi connectivity index (χ4v) is 1.40. The molecule has 0 unspecified atom stereocenters. The van der Waals surface area contributed by atoms with Crippen LogP contribution in [0.15, 0.2) is 22.2 Å². The number of hydrogen-bond donors (Lipinski definition) is 0. The molecule has 0 saturated carbocycles. The number of nitriles is 1. The van der Waals surface area contributed by atoms with Gasteiger partial charge in [0.2, 0.25) is 0 Å². The number of alkyl halides is 1. The zero-order valence-corrected chi connectivity index (χ0v) is 10.2. The van der Waals surface area contributed by atoms with Gasteiger partial charge in [-0.25, -0.2) is 0 Å². The first-order valence-electron chi connectivity index (χ1n) is 3.78. The van der Waals surface area contributed by atoms with E-state index in [1.807, 2.05) is 19.1 Å². The minimum atomic E-state index is 0.721. The van der Waals surface area contributed by atoms with Crippen LogP contribution < -0.4 is 0 Å². The molecule has 3 heteroatoms. The van der Waals surface area contributed by atoms with Crippen molar-refractivity contribution in [3.63, 3.8) is 0 Å². The third-order valence-electron chi connectivity index (χ3n) is 1.22. The first-order chi connectivity index (χ1) is 5.76. The van der Waals surface area contributed by atoms with Crippen molar-refractivity contribution in [3.8, 4) is 6.07 Å². The van der Waals surface area contributed by atoms with Crippen molar-refractivity contribution in [1.29, 1.82) is 5.26 Å². The van der Waals surface area contributed by atoms with Crippen LogP contribution >= 0.6 is 31.9 Å². The minimum absolute atomic E-state index is 0.721. The highest BCUT2D eigenvalue weighted by molar-refractivity contribution is 9.12. The van der Waals surface area contributed by atoms with Crippen molar-refractivity contribution < 1.29 is 0 Å². The molecule has 0 atom stereocenters. The van der Waals surface area contributed by atoms with E-state index < -0.39 is 0 Å². The van der Waals surface area contributed by atoms with Crippen molar-refractivity contribution in [2.75, 3.05) is 5.33 Å². The largest absolute Gasteiger partial charge is 0.192 e. The highest BCUT2D eigenvalue weighted by Gasteiger charge is 1.97. The molecule has 12 heavy (non-hydrogen) atoms. The highest BCUT2D eigenvalue weighted by Crippen LogP contribution is 2.17. The van der Waals surface area contributed by atoms with Crippen LogP contribution in [0.3, 0.4) is 0 Å². The molecule has 0 aromatic rings. The Hall–Kier alpha value is -0.0700. The van der Waals surface area contributed by atoms with Gasteiger partial charge in [0.15, 0.2) is 0 Å². The van der Waals surface area contributed by atoms with Crippen LogP contribution in [0.25, 0.3) is 0 Å². The standard InChI is InChI=1S/C9H11Br2N/c1-2-4-8(7-12)9(11)5-3-6-10/h4-5H,2-3,6H2,1H3/b8-4-,9-5+. The van der Waals surface area contributed by atoms with Crippen LogP contribution in [0.1, 0.15) is 19.8 Å². The van der Waals surface area contributed by atoms with Gasteiger partial charge in [0, 0.05) is 9.81 Å². The summed E-state index contributed by atoms with van der Waals surface area (Å²) in [6, 6.07) is 2.14. The summed E-state index contributed by atoms with van der Waals surface area (Å²) in [5.74, 6) is 0. The van der Waals surface area contributed by atoms with E-state index >= 15 is 0 Å². The summed E-state index contributed by atoms with van der Waals surface area (Å²) in [7, 11) is 0. The normalized spacial score (nSPS) is 12.8. The molecule has 0 amide bonds.